The molecule has 1 heterocycles. The van der Waals surface area contributed by atoms with Gasteiger partial charge in [0.25, 0.3) is 0 Å². The van der Waals surface area contributed by atoms with Crippen LogP contribution in [-0.2, 0) is 0 Å². The van der Waals surface area contributed by atoms with Crippen LogP contribution in [-0.4, -0.2) is 16.5 Å². The summed E-state index contributed by atoms with van der Waals surface area (Å²) in [4.78, 5) is 14.0. The molecule has 1 rings (SSSR count). The molecule has 0 fully saturated rings. The Balaban J connectivity index is 0.00000191. The maximum atomic E-state index is 10.9. The molecular formula is C14H17Cl2N3O2. The molecule has 7 heteroatoms. The smallest absolute Gasteiger partial charge is 0.329 e. The zero-order valence-electron chi connectivity index (χ0n) is 11.9. The number of pyridine rings is 1. The van der Waals surface area contributed by atoms with Crippen LogP contribution in [0.25, 0.3) is 0 Å². The predicted molar refractivity (Wildman–Crippen MR) is 89.2 cm³/mol. The minimum Gasteiger partial charge on any atom is -0.375 e. The minimum atomic E-state index is -0.612. The van der Waals surface area contributed by atoms with Gasteiger partial charge in [0.1, 0.15) is 10.8 Å². The largest absolute Gasteiger partial charge is 0.375 e. The van der Waals surface area contributed by atoms with Gasteiger partial charge in [-0.05, 0) is 5.57 Å². The van der Waals surface area contributed by atoms with E-state index < -0.39 is 4.92 Å². The zero-order valence-corrected chi connectivity index (χ0v) is 13.4. The van der Waals surface area contributed by atoms with Crippen LogP contribution >= 0.6 is 23.2 Å². The summed E-state index contributed by atoms with van der Waals surface area (Å²) in [5.74, 6) is 0. The third-order valence-corrected chi connectivity index (χ3v) is 2.64. The average Bonchev–Trinajstić information content (AvgIpc) is 2.44. The van der Waals surface area contributed by atoms with E-state index in [2.05, 4.69) is 23.5 Å². The molecule has 1 aromatic rings. The van der Waals surface area contributed by atoms with E-state index in [4.69, 9.17) is 23.2 Å². The molecule has 0 saturated carbocycles. The van der Waals surface area contributed by atoms with Crippen LogP contribution in [0, 0.1) is 10.1 Å². The summed E-state index contributed by atoms with van der Waals surface area (Å²) < 4.78 is 0. The highest BCUT2D eigenvalue weighted by molar-refractivity contribution is 6.34. The lowest BCUT2D eigenvalue weighted by Crippen LogP contribution is -2.06. The molecule has 0 saturated heterocycles. The Morgan fingerprint density at radius 2 is 2.10 bits per heavy atom. The van der Waals surface area contributed by atoms with Gasteiger partial charge in [-0.15, -0.1) is 0 Å². The lowest BCUT2D eigenvalue weighted by Gasteiger charge is -2.08. The molecule has 1 N–H and O–H groups in total. The molecule has 114 valence electrons. The number of nitrogens with one attached hydrogen (secondary N) is 1. The lowest BCUT2D eigenvalue weighted by atomic mass is 10.2. The number of nitro groups is 1. The summed E-state index contributed by atoms with van der Waals surface area (Å²) >= 11 is 11.4. The number of aromatic nitrogens is 1. The quantitative estimate of drug-likeness (QED) is 0.344. The summed E-state index contributed by atoms with van der Waals surface area (Å²) in [6.45, 7) is 11.5. The van der Waals surface area contributed by atoms with Crippen molar-refractivity contribution < 1.29 is 4.92 Å². The van der Waals surface area contributed by atoms with Gasteiger partial charge in [0.2, 0.25) is 5.15 Å². The van der Waals surface area contributed by atoms with Crippen LogP contribution in [0.1, 0.15) is 13.8 Å². The second-order valence-corrected chi connectivity index (χ2v) is 4.17. The van der Waals surface area contributed by atoms with Gasteiger partial charge in [-0.2, -0.15) is 0 Å². The van der Waals surface area contributed by atoms with Crippen LogP contribution in [0.2, 0.25) is 10.3 Å². The van der Waals surface area contributed by atoms with Gasteiger partial charge >= 0.3 is 5.69 Å². The minimum absolute atomic E-state index is 0.0750. The number of rotatable bonds is 6. The fraction of sp³-hybridized carbons (Fsp3) is 0.214. The third-order valence-electron chi connectivity index (χ3n) is 2.18. The molecule has 0 unspecified atom stereocenters. The van der Waals surface area contributed by atoms with Crippen LogP contribution in [0.4, 0.5) is 11.4 Å². The molecule has 0 aliphatic carbocycles. The van der Waals surface area contributed by atoms with Crippen LogP contribution in [0.15, 0.2) is 43.0 Å². The molecule has 0 aromatic carbocycles. The second-order valence-electron chi connectivity index (χ2n) is 3.42. The molecular weight excluding hydrogens is 313 g/mol. The summed E-state index contributed by atoms with van der Waals surface area (Å²) in [6.07, 6.45) is 4.95. The Morgan fingerprint density at radius 1 is 1.48 bits per heavy atom. The molecule has 0 aliphatic heterocycles. The van der Waals surface area contributed by atoms with Crippen LogP contribution in [0.5, 0.6) is 0 Å². The fourth-order valence-electron chi connectivity index (χ4n) is 1.33. The SMILES string of the molecule is C=C/C=C(\C=C)CNc1cc(Cl)nc(Cl)c1[N+](=O)[O-].CC. The predicted octanol–water partition coefficient (Wildman–Crippen LogP) is 5.03. The molecule has 5 nitrogen and oxygen atoms in total. The van der Waals surface area contributed by atoms with E-state index >= 15 is 0 Å². The van der Waals surface area contributed by atoms with Gasteiger partial charge in [-0.3, -0.25) is 10.1 Å². The number of hydrogen-bond donors (Lipinski definition) is 1. The Hall–Kier alpha value is -1.85. The molecule has 21 heavy (non-hydrogen) atoms. The van der Waals surface area contributed by atoms with E-state index in [1.165, 1.54) is 6.07 Å². The summed E-state index contributed by atoms with van der Waals surface area (Å²) in [5, 5.41) is 13.6. The first-order valence-corrected chi connectivity index (χ1v) is 6.93. The van der Waals surface area contributed by atoms with E-state index in [-0.39, 0.29) is 21.7 Å². The molecule has 0 bridgehead atoms. The van der Waals surface area contributed by atoms with Gasteiger partial charge in [0, 0.05) is 12.6 Å². The van der Waals surface area contributed by atoms with Gasteiger partial charge in [-0.25, -0.2) is 4.98 Å². The Bertz CT molecular complexity index is 557. The number of nitrogens with zero attached hydrogens (tertiary/aromatic N) is 2. The summed E-state index contributed by atoms with van der Waals surface area (Å²) in [5.41, 5.74) is 0.702. The maximum absolute atomic E-state index is 10.9. The van der Waals surface area contributed by atoms with Crippen LogP contribution < -0.4 is 5.32 Å². The second kappa shape index (κ2) is 9.96. The lowest BCUT2D eigenvalue weighted by molar-refractivity contribution is -0.384. The first kappa shape index (κ1) is 19.2. The summed E-state index contributed by atoms with van der Waals surface area (Å²) in [7, 11) is 0. The number of anilines is 1. The van der Waals surface area contributed by atoms with Crippen molar-refractivity contribution in [3.8, 4) is 0 Å². The van der Waals surface area contributed by atoms with E-state index in [1.807, 2.05) is 13.8 Å². The normalized spacial score (nSPS) is 10.2. The maximum Gasteiger partial charge on any atom is 0.329 e. The molecule has 0 radical (unpaired) electrons. The first-order valence-electron chi connectivity index (χ1n) is 6.18. The van der Waals surface area contributed by atoms with Crippen molar-refractivity contribution in [1.29, 1.82) is 0 Å². The van der Waals surface area contributed by atoms with Gasteiger partial charge < -0.3 is 5.32 Å². The first-order chi connectivity index (χ1) is 9.99. The monoisotopic (exact) mass is 329 g/mol. The van der Waals surface area contributed by atoms with Crippen molar-refractivity contribution in [2.75, 3.05) is 11.9 Å². The van der Waals surface area contributed by atoms with E-state index in [9.17, 15) is 10.1 Å². The molecule has 0 amide bonds. The Labute approximate surface area is 134 Å². The fourth-order valence-corrected chi connectivity index (χ4v) is 1.83. The van der Waals surface area contributed by atoms with Crippen molar-refractivity contribution >= 4 is 34.6 Å². The Kier molecular flexibility index (Phi) is 9.08. The van der Waals surface area contributed by atoms with Crippen molar-refractivity contribution in [2.24, 2.45) is 0 Å². The highest BCUT2D eigenvalue weighted by Gasteiger charge is 2.21. The highest BCUT2D eigenvalue weighted by atomic mass is 35.5. The molecule has 0 aliphatic rings. The van der Waals surface area contributed by atoms with Crippen LogP contribution in [0.3, 0.4) is 0 Å². The Morgan fingerprint density at radius 3 is 2.57 bits per heavy atom. The van der Waals surface area contributed by atoms with E-state index in [0.717, 1.165) is 5.57 Å². The molecule has 0 spiro atoms. The molecule has 1 aromatic heterocycles. The number of allylic oxidation sites excluding steroid dienone is 2. The van der Waals surface area contributed by atoms with Crippen molar-refractivity contribution in [3.05, 3.63) is 63.4 Å². The van der Waals surface area contributed by atoms with Gasteiger partial charge in [0.15, 0.2) is 0 Å². The standard InChI is InChI=1S/C12H11Cl2N3O2.C2H6/c1-3-5-8(4-2)7-15-9-6-10(13)16-12(14)11(9)17(18)19;1-2/h3-6H,1-2,7H2,(H,15,16);1-2H3/b8-5+;. The molecule has 0 atom stereocenters. The van der Waals surface area contributed by atoms with E-state index in [1.54, 1.807) is 18.2 Å². The number of halogens is 2. The zero-order chi connectivity index (χ0) is 16.4. The average molecular weight is 330 g/mol. The van der Waals surface area contributed by atoms with E-state index in [0.29, 0.717) is 6.54 Å². The third kappa shape index (κ3) is 5.97. The van der Waals surface area contributed by atoms with Crippen molar-refractivity contribution in [2.45, 2.75) is 13.8 Å². The van der Waals surface area contributed by atoms with Crippen molar-refractivity contribution in [1.82, 2.24) is 4.98 Å². The summed E-state index contributed by atoms with van der Waals surface area (Å²) in [6, 6.07) is 1.35. The van der Waals surface area contributed by atoms with Crippen molar-refractivity contribution in [3.63, 3.8) is 0 Å². The van der Waals surface area contributed by atoms with Gasteiger partial charge in [-0.1, -0.05) is 68.4 Å². The topological polar surface area (TPSA) is 68.1 Å². The highest BCUT2D eigenvalue weighted by Crippen LogP contribution is 2.33. The van der Waals surface area contributed by atoms with Gasteiger partial charge in [0.05, 0.1) is 4.92 Å². The number of hydrogen-bond acceptors (Lipinski definition) is 4.